The van der Waals surface area contributed by atoms with E-state index < -0.39 is 46.9 Å². The molecule has 2 aliphatic heterocycles. The summed E-state index contributed by atoms with van der Waals surface area (Å²) >= 11 is 7.31. The van der Waals surface area contributed by atoms with Crippen LogP contribution < -0.4 is 10.6 Å². The molecule has 0 spiro atoms. The Hall–Kier alpha value is -3.18. The van der Waals surface area contributed by atoms with Crippen molar-refractivity contribution in [1.29, 1.82) is 0 Å². The van der Waals surface area contributed by atoms with Crippen molar-refractivity contribution in [3.63, 3.8) is 0 Å². The molecule has 0 aromatic heterocycles. The number of thioether (sulfide) groups is 1. The number of rotatable bonds is 6. The number of fused-ring (bicyclic) bond motifs is 1. The van der Waals surface area contributed by atoms with Gasteiger partial charge in [-0.2, -0.15) is 0 Å². The summed E-state index contributed by atoms with van der Waals surface area (Å²) in [5.74, 6) is -2.39. The molecule has 2 heterocycles. The number of carbonyl (C=O) groups is 4. The number of alkyl carbamates (subject to hydrolysis) is 1. The molecular formula is C23H26ClN3O7S. The Balaban J connectivity index is 1.84. The summed E-state index contributed by atoms with van der Waals surface area (Å²) in [5.41, 5.74) is -0.193. The number of carboxylic acid groups (broad SMARTS) is 1. The van der Waals surface area contributed by atoms with Gasteiger partial charge in [0.15, 0.2) is 0 Å². The molecule has 0 radical (unpaired) electrons. The average Bonchev–Trinajstić information content (AvgIpc) is 2.76. The largest absolute Gasteiger partial charge is 0.506 e. The zero-order chi connectivity index (χ0) is 26.1. The van der Waals surface area contributed by atoms with Crippen molar-refractivity contribution in [2.75, 3.05) is 5.75 Å². The Morgan fingerprint density at radius 3 is 2.57 bits per heavy atom. The smallest absolute Gasteiger partial charge is 0.408 e. The number of hydrogen-bond donors (Lipinski definition) is 4. The summed E-state index contributed by atoms with van der Waals surface area (Å²) in [6, 6.07) is 1.70. The lowest BCUT2D eigenvalue weighted by molar-refractivity contribution is -0.150. The molecule has 4 N–H and O–H groups in total. The lowest BCUT2D eigenvalue weighted by Gasteiger charge is -2.49. The lowest BCUT2D eigenvalue weighted by atomic mass is 10.0. The van der Waals surface area contributed by atoms with Crippen LogP contribution in [0.15, 0.2) is 41.6 Å². The highest BCUT2D eigenvalue weighted by Gasteiger charge is 2.54. The minimum atomic E-state index is -1.30. The van der Waals surface area contributed by atoms with Gasteiger partial charge in [0.25, 0.3) is 5.91 Å². The van der Waals surface area contributed by atoms with Gasteiger partial charge >= 0.3 is 12.1 Å². The molecular weight excluding hydrogens is 498 g/mol. The topological polar surface area (TPSA) is 145 Å². The normalized spacial score (nSPS) is 20.7. The average molecular weight is 524 g/mol. The second kappa shape index (κ2) is 10.2. The van der Waals surface area contributed by atoms with E-state index in [1.165, 1.54) is 30.0 Å². The number of phenolic OH excluding ortho intramolecular Hbond substituents is 1. The Kier molecular flexibility index (Phi) is 7.71. The van der Waals surface area contributed by atoms with Crippen molar-refractivity contribution < 1.29 is 34.1 Å². The van der Waals surface area contributed by atoms with E-state index in [1.54, 1.807) is 39.8 Å². The summed E-state index contributed by atoms with van der Waals surface area (Å²) in [6.45, 7) is 6.74. The van der Waals surface area contributed by atoms with Gasteiger partial charge in [-0.3, -0.25) is 14.5 Å². The highest BCUT2D eigenvalue weighted by atomic mass is 35.5. The van der Waals surface area contributed by atoms with Crippen molar-refractivity contribution in [3.05, 3.63) is 52.2 Å². The molecule has 0 saturated carbocycles. The van der Waals surface area contributed by atoms with Gasteiger partial charge < -0.3 is 25.6 Å². The molecule has 1 saturated heterocycles. The zero-order valence-electron chi connectivity index (χ0n) is 19.5. The number of amides is 3. The molecule has 12 heteroatoms. The van der Waals surface area contributed by atoms with E-state index >= 15 is 0 Å². The second-order valence-corrected chi connectivity index (χ2v) is 10.4. The number of ether oxygens (including phenoxy) is 1. The SMILES string of the molecule is CC=CC1=C(C(=O)O)N2C(=O)[C@@H](NC(=O)C(NC(=O)OC(C)(C)C)c3ccc(O)c(Cl)c3)[C@@H]2SC1. The van der Waals surface area contributed by atoms with E-state index in [9.17, 15) is 29.4 Å². The summed E-state index contributed by atoms with van der Waals surface area (Å²) in [5, 5.41) is 23.8. The summed E-state index contributed by atoms with van der Waals surface area (Å²) in [7, 11) is 0. The van der Waals surface area contributed by atoms with Gasteiger partial charge in [-0.25, -0.2) is 9.59 Å². The van der Waals surface area contributed by atoms with Crippen LogP contribution in [0.25, 0.3) is 0 Å². The maximum absolute atomic E-state index is 13.2. The molecule has 3 amide bonds. The van der Waals surface area contributed by atoms with Crippen molar-refractivity contribution in [2.24, 2.45) is 0 Å². The van der Waals surface area contributed by atoms with E-state index in [2.05, 4.69) is 10.6 Å². The number of nitrogens with one attached hydrogen (secondary N) is 2. The third-order valence-corrected chi connectivity index (χ3v) is 6.70. The van der Waals surface area contributed by atoms with Gasteiger partial charge in [0.05, 0.1) is 5.02 Å². The van der Waals surface area contributed by atoms with Crippen LogP contribution in [0.5, 0.6) is 5.75 Å². The van der Waals surface area contributed by atoms with Gasteiger partial charge in [0.1, 0.15) is 34.5 Å². The van der Waals surface area contributed by atoms with Gasteiger partial charge in [0.2, 0.25) is 5.91 Å². The molecule has 1 aromatic carbocycles. The third-order valence-electron chi connectivity index (χ3n) is 5.09. The number of β-lactam (4-membered cyclic amide) rings is 1. The van der Waals surface area contributed by atoms with Crippen LogP contribution in [0.3, 0.4) is 0 Å². The van der Waals surface area contributed by atoms with Gasteiger partial charge in [-0.05, 0) is 51.0 Å². The number of benzene rings is 1. The molecule has 35 heavy (non-hydrogen) atoms. The number of nitrogens with zero attached hydrogens (tertiary/aromatic N) is 1. The Bertz CT molecular complexity index is 1130. The lowest BCUT2D eigenvalue weighted by Crippen LogP contribution is -2.71. The Labute approximate surface area is 211 Å². The number of phenols is 1. The first-order valence-corrected chi connectivity index (χ1v) is 12.1. The predicted molar refractivity (Wildman–Crippen MR) is 130 cm³/mol. The fourth-order valence-corrected chi connectivity index (χ4v) is 5.14. The van der Waals surface area contributed by atoms with Crippen LogP contribution in [0.4, 0.5) is 4.79 Å². The molecule has 188 valence electrons. The monoisotopic (exact) mass is 523 g/mol. The molecule has 0 aliphatic carbocycles. The quantitative estimate of drug-likeness (QED) is 0.416. The fourth-order valence-electron chi connectivity index (χ4n) is 3.64. The number of aromatic hydroxyl groups is 1. The highest BCUT2D eigenvalue weighted by molar-refractivity contribution is 8.00. The number of carboxylic acids is 1. The van der Waals surface area contributed by atoms with Crippen LogP contribution in [-0.2, 0) is 19.1 Å². The van der Waals surface area contributed by atoms with Crippen molar-refractivity contribution >= 4 is 47.2 Å². The van der Waals surface area contributed by atoms with Gasteiger partial charge in [-0.1, -0.05) is 29.8 Å². The maximum Gasteiger partial charge on any atom is 0.408 e. The minimum Gasteiger partial charge on any atom is -0.506 e. The zero-order valence-corrected chi connectivity index (χ0v) is 21.1. The number of hydrogen-bond acceptors (Lipinski definition) is 7. The minimum absolute atomic E-state index is 0.0345. The van der Waals surface area contributed by atoms with E-state index in [1.807, 2.05) is 0 Å². The van der Waals surface area contributed by atoms with Gasteiger partial charge in [0, 0.05) is 5.75 Å². The van der Waals surface area contributed by atoms with Crippen LogP contribution in [0.1, 0.15) is 39.3 Å². The van der Waals surface area contributed by atoms with Crippen LogP contribution in [0, 0.1) is 0 Å². The third kappa shape index (κ3) is 5.73. The predicted octanol–water partition coefficient (Wildman–Crippen LogP) is 2.93. The standard InChI is InChI=1S/C23H26ClN3O7S/c1-5-6-12-10-35-20-16(19(30)27(20)17(12)21(31)32)25-18(29)15(26-22(33)34-23(2,3)4)11-7-8-14(28)13(24)9-11/h5-9,15-16,20,28H,10H2,1-4H3,(H,25,29)(H,26,33)(H,31,32)/t15?,16-,20+/m1/s1. The molecule has 1 unspecified atom stereocenters. The van der Waals surface area contributed by atoms with Gasteiger partial charge in [-0.15, -0.1) is 11.8 Å². The van der Waals surface area contributed by atoms with Crippen LogP contribution in [0.2, 0.25) is 5.02 Å². The molecule has 0 bridgehead atoms. The fraction of sp³-hybridized carbons (Fsp3) is 0.391. The molecule has 2 aliphatic rings. The van der Waals surface area contributed by atoms with Crippen molar-refractivity contribution in [1.82, 2.24) is 15.5 Å². The van der Waals surface area contributed by atoms with E-state index in [0.29, 0.717) is 11.3 Å². The highest BCUT2D eigenvalue weighted by Crippen LogP contribution is 2.41. The van der Waals surface area contributed by atoms with Crippen molar-refractivity contribution in [3.8, 4) is 5.75 Å². The van der Waals surface area contributed by atoms with E-state index in [4.69, 9.17) is 16.3 Å². The summed E-state index contributed by atoms with van der Waals surface area (Å²) in [4.78, 5) is 51.5. The first kappa shape index (κ1) is 26.4. The van der Waals surface area contributed by atoms with E-state index in [0.717, 1.165) is 4.90 Å². The number of aliphatic carboxylic acids is 1. The molecule has 3 atom stereocenters. The molecule has 10 nitrogen and oxygen atoms in total. The van der Waals surface area contributed by atoms with E-state index in [-0.39, 0.29) is 22.0 Å². The molecule has 1 fully saturated rings. The first-order valence-electron chi connectivity index (χ1n) is 10.7. The number of allylic oxidation sites excluding steroid dienone is 2. The summed E-state index contributed by atoms with van der Waals surface area (Å²) < 4.78 is 5.25. The number of halogens is 1. The second-order valence-electron chi connectivity index (χ2n) is 8.87. The first-order chi connectivity index (χ1) is 16.3. The molecule has 1 aromatic rings. The summed E-state index contributed by atoms with van der Waals surface area (Å²) in [6.07, 6.45) is 2.46. The molecule has 3 rings (SSSR count). The van der Waals surface area contributed by atoms with Crippen molar-refractivity contribution in [2.45, 2.75) is 50.8 Å². The maximum atomic E-state index is 13.2. The number of carbonyl (C=O) groups excluding carboxylic acids is 3. The Morgan fingerprint density at radius 1 is 1.31 bits per heavy atom. The Morgan fingerprint density at radius 2 is 2.00 bits per heavy atom. The van der Waals surface area contributed by atoms with Crippen LogP contribution >= 0.6 is 23.4 Å². The van der Waals surface area contributed by atoms with Crippen LogP contribution in [-0.4, -0.2) is 61.8 Å².